The molecule has 94 valence electrons. The smallest absolute Gasteiger partial charge is 0.251 e. The van der Waals surface area contributed by atoms with E-state index in [1.165, 1.54) is 25.3 Å². The lowest BCUT2D eigenvalue weighted by Gasteiger charge is -2.06. The van der Waals surface area contributed by atoms with Crippen molar-refractivity contribution in [2.45, 2.75) is 6.61 Å². The number of halogens is 2. The van der Waals surface area contributed by atoms with Crippen molar-refractivity contribution < 1.29 is 9.13 Å². The molecular weight excluding hydrogens is 303 g/mol. The number of ether oxygens (including phenoxy) is 1. The summed E-state index contributed by atoms with van der Waals surface area (Å²) in [6, 6.07) is 5.54. The molecule has 0 bridgehead atoms. The molecule has 0 saturated heterocycles. The van der Waals surface area contributed by atoms with E-state index >= 15 is 0 Å². The summed E-state index contributed by atoms with van der Waals surface area (Å²) in [6.45, 7) is 0.246. The molecule has 0 atom stereocenters. The van der Waals surface area contributed by atoms with Gasteiger partial charge in [-0.05, 0) is 34.1 Å². The van der Waals surface area contributed by atoms with E-state index in [4.69, 9.17) is 4.74 Å². The van der Waals surface area contributed by atoms with Gasteiger partial charge in [0.25, 0.3) is 5.56 Å². The predicted octanol–water partition coefficient (Wildman–Crippen LogP) is 2.48. The Morgan fingerprint density at radius 1 is 1.44 bits per heavy atom. The van der Waals surface area contributed by atoms with E-state index in [-0.39, 0.29) is 18.0 Å². The molecular formula is C12H10BrFN2O2. The lowest BCUT2D eigenvalue weighted by Crippen LogP contribution is -2.11. The number of methoxy groups -OCH3 is 1. The first kappa shape index (κ1) is 12.9. The van der Waals surface area contributed by atoms with Gasteiger partial charge in [-0.15, -0.1) is 0 Å². The van der Waals surface area contributed by atoms with Crippen LogP contribution in [0.5, 0.6) is 0 Å². The lowest BCUT2D eigenvalue weighted by molar-refractivity contribution is 0.181. The van der Waals surface area contributed by atoms with Gasteiger partial charge in [0.15, 0.2) is 0 Å². The molecule has 2 aromatic rings. The summed E-state index contributed by atoms with van der Waals surface area (Å²) >= 11 is 3.24. The van der Waals surface area contributed by atoms with Crippen LogP contribution in [-0.4, -0.2) is 17.1 Å². The van der Waals surface area contributed by atoms with Crippen molar-refractivity contribution in [2.75, 3.05) is 7.11 Å². The maximum absolute atomic E-state index is 13.0. The fourth-order valence-corrected chi connectivity index (χ4v) is 2.08. The van der Waals surface area contributed by atoms with Crippen LogP contribution in [0.3, 0.4) is 0 Å². The molecule has 0 aliphatic heterocycles. The van der Waals surface area contributed by atoms with Gasteiger partial charge in [-0.3, -0.25) is 4.79 Å². The monoisotopic (exact) mass is 312 g/mol. The maximum atomic E-state index is 13.0. The summed E-state index contributed by atoms with van der Waals surface area (Å²) < 4.78 is 18.5. The molecule has 18 heavy (non-hydrogen) atoms. The zero-order chi connectivity index (χ0) is 13.1. The van der Waals surface area contributed by atoms with Gasteiger partial charge in [-0.1, -0.05) is 0 Å². The maximum Gasteiger partial charge on any atom is 0.251 e. The average Bonchev–Trinajstić information content (AvgIpc) is 2.28. The minimum atomic E-state index is -0.360. The molecule has 1 N–H and O–H groups in total. The Morgan fingerprint density at radius 3 is 2.89 bits per heavy atom. The summed E-state index contributed by atoms with van der Waals surface area (Å²) in [6.07, 6.45) is 0. The largest absolute Gasteiger partial charge is 0.378 e. The van der Waals surface area contributed by atoms with Gasteiger partial charge in [-0.25, -0.2) is 9.37 Å². The van der Waals surface area contributed by atoms with Gasteiger partial charge in [0.2, 0.25) is 0 Å². The third-order valence-corrected chi connectivity index (χ3v) is 2.93. The Morgan fingerprint density at radius 2 is 2.22 bits per heavy atom. The average molecular weight is 313 g/mol. The van der Waals surface area contributed by atoms with Crippen LogP contribution in [0.2, 0.25) is 0 Å². The van der Waals surface area contributed by atoms with Gasteiger partial charge in [0.1, 0.15) is 11.6 Å². The molecule has 0 spiro atoms. The highest BCUT2D eigenvalue weighted by Crippen LogP contribution is 2.25. The van der Waals surface area contributed by atoms with Crippen LogP contribution in [-0.2, 0) is 11.3 Å². The van der Waals surface area contributed by atoms with E-state index in [2.05, 4.69) is 25.9 Å². The van der Waals surface area contributed by atoms with Gasteiger partial charge in [-0.2, -0.15) is 0 Å². The molecule has 6 heteroatoms. The minimum Gasteiger partial charge on any atom is -0.378 e. The number of nitrogens with zero attached hydrogens (tertiary/aromatic N) is 1. The number of aromatic nitrogens is 2. The second-order valence-corrected chi connectivity index (χ2v) is 4.50. The van der Waals surface area contributed by atoms with E-state index in [1.807, 2.05) is 0 Å². The Labute approximate surface area is 111 Å². The van der Waals surface area contributed by atoms with Crippen molar-refractivity contribution in [3.05, 3.63) is 50.6 Å². The number of hydrogen-bond donors (Lipinski definition) is 1. The van der Waals surface area contributed by atoms with Crippen LogP contribution < -0.4 is 5.56 Å². The fourth-order valence-electron chi connectivity index (χ4n) is 1.54. The molecule has 0 aliphatic carbocycles. The van der Waals surface area contributed by atoms with Crippen molar-refractivity contribution >= 4 is 15.9 Å². The lowest BCUT2D eigenvalue weighted by atomic mass is 10.2. The van der Waals surface area contributed by atoms with E-state index in [0.29, 0.717) is 21.6 Å². The topological polar surface area (TPSA) is 55.0 Å². The van der Waals surface area contributed by atoms with Crippen molar-refractivity contribution in [2.24, 2.45) is 0 Å². The van der Waals surface area contributed by atoms with E-state index in [9.17, 15) is 9.18 Å². The summed E-state index contributed by atoms with van der Waals surface area (Å²) in [7, 11) is 1.52. The van der Waals surface area contributed by atoms with Crippen molar-refractivity contribution in [3.63, 3.8) is 0 Å². The van der Waals surface area contributed by atoms with Crippen LogP contribution in [0.25, 0.3) is 11.4 Å². The summed E-state index contributed by atoms with van der Waals surface area (Å²) in [5.74, 6) is 0.0162. The number of H-pyrrole nitrogens is 1. The predicted molar refractivity (Wildman–Crippen MR) is 68.7 cm³/mol. The van der Waals surface area contributed by atoms with Crippen LogP contribution in [0.1, 0.15) is 5.69 Å². The molecule has 4 nitrogen and oxygen atoms in total. The first-order chi connectivity index (χ1) is 8.60. The number of aromatic amines is 1. The number of rotatable bonds is 3. The van der Waals surface area contributed by atoms with Gasteiger partial charge >= 0.3 is 0 Å². The SMILES string of the molecule is COCc1cc(=O)[nH]c(-c2ccc(F)cc2Br)n1. The third-order valence-electron chi connectivity index (χ3n) is 2.27. The zero-order valence-corrected chi connectivity index (χ0v) is 11.1. The van der Waals surface area contributed by atoms with Crippen LogP contribution in [0, 0.1) is 5.82 Å². The molecule has 0 unspecified atom stereocenters. The third kappa shape index (κ3) is 2.83. The van der Waals surface area contributed by atoms with Gasteiger partial charge in [0, 0.05) is 23.2 Å². The van der Waals surface area contributed by atoms with Crippen LogP contribution in [0.15, 0.2) is 33.5 Å². The quantitative estimate of drug-likeness (QED) is 0.947. The van der Waals surface area contributed by atoms with Gasteiger partial charge < -0.3 is 9.72 Å². The summed E-state index contributed by atoms with van der Waals surface area (Å²) in [5.41, 5.74) is 0.863. The molecule has 2 rings (SSSR count). The summed E-state index contributed by atoms with van der Waals surface area (Å²) in [4.78, 5) is 18.4. The Balaban J connectivity index is 2.53. The van der Waals surface area contributed by atoms with Crippen molar-refractivity contribution in [1.82, 2.24) is 9.97 Å². The first-order valence-corrected chi connectivity index (χ1v) is 5.94. The molecule has 0 fully saturated rings. The molecule has 0 amide bonds. The van der Waals surface area contributed by atoms with E-state index < -0.39 is 0 Å². The summed E-state index contributed by atoms with van der Waals surface area (Å²) in [5, 5.41) is 0. The number of hydrogen-bond acceptors (Lipinski definition) is 3. The Bertz CT molecular complexity index is 628. The van der Waals surface area contributed by atoms with Crippen molar-refractivity contribution in [1.29, 1.82) is 0 Å². The first-order valence-electron chi connectivity index (χ1n) is 5.15. The molecule has 0 radical (unpaired) electrons. The number of nitrogens with one attached hydrogen (secondary N) is 1. The minimum absolute atomic E-state index is 0.246. The van der Waals surface area contributed by atoms with Crippen LogP contribution >= 0.6 is 15.9 Å². The second kappa shape index (κ2) is 5.41. The Hall–Kier alpha value is -1.53. The normalized spacial score (nSPS) is 10.6. The van der Waals surface area contributed by atoms with Crippen molar-refractivity contribution in [3.8, 4) is 11.4 Å². The van der Waals surface area contributed by atoms with E-state index in [1.54, 1.807) is 6.07 Å². The fraction of sp³-hybridized carbons (Fsp3) is 0.167. The molecule has 1 aromatic heterocycles. The molecule has 1 heterocycles. The standard InChI is InChI=1S/C12H10BrFN2O2/c1-18-6-8-5-11(17)16-12(15-8)9-3-2-7(14)4-10(9)13/h2-5H,6H2,1H3,(H,15,16,17). The van der Waals surface area contributed by atoms with Crippen LogP contribution in [0.4, 0.5) is 4.39 Å². The van der Waals surface area contributed by atoms with Gasteiger partial charge in [0.05, 0.1) is 12.3 Å². The Kier molecular flexibility index (Phi) is 3.88. The molecule has 0 aliphatic rings. The molecule has 0 saturated carbocycles. The number of benzene rings is 1. The highest BCUT2D eigenvalue weighted by atomic mass is 79.9. The zero-order valence-electron chi connectivity index (χ0n) is 9.54. The second-order valence-electron chi connectivity index (χ2n) is 3.64. The van der Waals surface area contributed by atoms with E-state index in [0.717, 1.165) is 0 Å². The molecule has 1 aromatic carbocycles. The highest BCUT2D eigenvalue weighted by molar-refractivity contribution is 9.10. The highest BCUT2D eigenvalue weighted by Gasteiger charge is 2.08.